The van der Waals surface area contributed by atoms with Crippen molar-refractivity contribution in [2.45, 2.75) is 24.9 Å². The van der Waals surface area contributed by atoms with E-state index in [1.165, 1.54) is 0 Å². The summed E-state index contributed by atoms with van der Waals surface area (Å²) in [7, 11) is 0. The van der Waals surface area contributed by atoms with Gasteiger partial charge in [0, 0.05) is 12.0 Å². The van der Waals surface area contributed by atoms with Gasteiger partial charge in [0.25, 0.3) is 0 Å². The molecule has 1 aromatic carbocycles. The van der Waals surface area contributed by atoms with E-state index in [9.17, 15) is 23.4 Å². The van der Waals surface area contributed by atoms with Crippen LogP contribution in [-0.2, 0) is 6.42 Å². The molecule has 0 radical (unpaired) electrons. The molecular formula is C10H9F3O2. The van der Waals surface area contributed by atoms with E-state index < -0.39 is 28.8 Å². The predicted octanol–water partition coefficient (Wildman–Crippen LogP) is 1.88. The molecule has 1 aromatic rings. The van der Waals surface area contributed by atoms with Gasteiger partial charge < -0.3 is 10.2 Å². The normalized spacial score (nSPS) is 17.9. The minimum atomic E-state index is -1.70. The molecule has 0 unspecified atom stereocenters. The number of aliphatic hydroxyl groups is 1. The van der Waals surface area contributed by atoms with Crippen LogP contribution in [0.2, 0.25) is 0 Å². The first-order valence-electron chi connectivity index (χ1n) is 4.51. The maximum Gasteiger partial charge on any atom is 0.203 e. The predicted molar refractivity (Wildman–Crippen MR) is 45.9 cm³/mol. The average Bonchev–Trinajstić information content (AvgIpc) is 2.89. The summed E-state index contributed by atoms with van der Waals surface area (Å²) in [4.78, 5) is 0. The first-order valence-corrected chi connectivity index (χ1v) is 4.51. The van der Waals surface area contributed by atoms with Gasteiger partial charge in [-0.1, -0.05) is 0 Å². The summed E-state index contributed by atoms with van der Waals surface area (Å²) in [5, 5.41) is 18.7. The van der Waals surface area contributed by atoms with E-state index in [0.29, 0.717) is 18.9 Å². The fourth-order valence-corrected chi connectivity index (χ4v) is 1.44. The van der Waals surface area contributed by atoms with Crippen molar-refractivity contribution in [3.63, 3.8) is 0 Å². The maximum absolute atomic E-state index is 12.9. The van der Waals surface area contributed by atoms with Crippen LogP contribution >= 0.6 is 0 Å². The van der Waals surface area contributed by atoms with Crippen molar-refractivity contribution in [3.05, 3.63) is 29.1 Å². The highest BCUT2D eigenvalue weighted by Gasteiger charge is 2.41. The van der Waals surface area contributed by atoms with E-state index in [1.54, 1.807) is 0 Å². The second-order valence-electron chi connectivity index (χ2n) is 3.90. The number of hydrogen-bond donors (Lipinski definition) is 2. The summed E-state index contributed by atoms with van der Waals surface area (Å²) in [6.07, 6.45) is 0.979. The number of benzene rings is 1. The SMILES string of the molecule is Oc1c(CC2(O)CC2)cc(F)c(F)c1F. The topological polar surface area (TPSA) is 40.5 Å². The molecule has 0 spiro atoms. The molecule has 0 heterocycles. The Morgan fingerprint density at radius 2 is 1.80 bits per heavy atom. The summed E-state index contributed by atoms with van der Waals surface area (Å²) in [6.45, 7) is 0. The fraction of sp³-hybridized carbons (Fsp3) is 0.400. The van der Waals surface area contributed by atoms with Gasteiger partial charge in [0.1, 0.15) is 0 Å². The van der Waals surface area contributed by atoms with Gasteiger partial charge in [0.05, 0.1) is 5.60 Å². The molecule has 0 atom stereocenters. The second-order valence-corrected chi connectivity index (χ2v) is 3.90. The van der Waals surface area contributed by atoms with Crippen molar-refractivity contribution < 1.29 is 23.4 Å². The third kappa shape index (κ3) is 1.79. The van der Waals surface area contributed by atoms with Crippen molar-refractivity contribution in [2.75, 3.05) is 0 Å². The number of rotatable bonds is 2. The maximum atomic E-state index is 12.9. The Kier molecular flexibility index (Phi) is 2.15. The van der Waals surface area contributed by atoms with Gasteiger partial charge in [-0.15, -0.1) is 0 Å². The lowest BCUT2D eigenvalue weighted by atomic mass is 10.0. The Morgan fingerprint density at radius 3 is 2.33 bits per heavy atom. The molecule has 15 heavy (non-hydrogen) atoms. The minimum Gasteiger partial charge on any atom is -0.505 e. The molecule has 1 aliphatic rings. The zero-order chi connectivity index (χ0) is 11.2. The van der Waals surface area contributed by atoms with Crippen LogP contribution in [0.15, 0.2) is 6.07 Å². The molecule has 2 N–H and O–H groups in total. The van der Waals surface area contributed by atoms with Gasteiger partial charge in [-0.3, -0.25) is 0 Å². The van der Waals surface area contributed by atoms with E-state index >= 15 is 0 Å². The largest absolute Gasteiger partial charge is 0.505 e. The van der Waals surface area contributed by atoms with E-state index in [1.807, 2.05) is 0 Å². The Balaban J connectivity index is 2.39. The molecular weight excluding hydrogens is 209 g/mol. The van der Waals surface area contributed by atoms with E-state index in [4.69, 9.17) is 0 Å². The minimum absolute atomic E-state index is 0.0625. The number of hydrogen-bond acceptors (Lipinski definition) is 2. The zero-order valence-corrected chi connectivity index (χ0v) is 7.73. The quantitative estimate of drug-likeness (QED) is 0.744. The lowest BCUT2D eigenvalue weighted by molar-refractivity contribution is 0.149. The Hall–Kier alpha value is -1.23. The van der Waals surface area contributed by atoms with E-state index in [2.05, 4.69) is 0 Å². The summed E-state index contributed by atoms with van der Waals surface area (Å²) >= 11 is 0. The standard InChI is InChI=1S/C10H9F3O2/c11-6-3-5(4-10(15)1-2-10)9(14)8(13)7(6)12/h3,14-15H,1-2,4H2. The van der Waals surface area contributed by atoms with Crippen molar-refractivity contribution in [3.8, 4) is 5.75 Å². The van der Waals surface area contributed by atoms with Crippen molar-refractivity contribution in [1.29, 1.82) is 0 Å². The van der Waals surface area contributed by atoms with Crippen LogP contribution in [-0.4, -0.2) is 15.8 Å². The highest BCUT2D eigenvalue weighted by Crippen LogP contribution is 2.40. The second kappa shape index (κ2) is 3.13. The Labute approximate surface area is 84.0 Å². The smallest absolute Gasteiger partial charge is 0.203 e. The summed E-state index contributed by atoms with van der Waals surface area (Å²) in [5.74, 6) is -5.58. The van der Waals surface area contributed by atoms with Crippen LogP contribution in [0, 0.1) is 17.5 Å². The number of aromatic hydroxyl groups is 1. The molecule has 5 heteroatoms. The van der Waals surface area contributed by atoms with Crippen LogP contribution in [0.4, 0.5) is 13.2 Å². The lowest BCUT2D eigenvalue weighted by Gasteiger charge is -2.10. The van der Waals surface area contributed by atoms with Crippen LogP contribution in [0.3, 0.4) is 0 Å². The van der Waals surface area contributed by atoms with Crippen molar-refractivity contribution in [2.24, 2.45) is 0 Å². The summed E-state index contributed by atoms with van der Waals surface area (Å²) in [5.41, 5.74) is -1.10. The molecule has 82 valence electrons. The van der Waals surface area contributed by atoms with E-state index in [-0.39, 0.29) is 12.0 Å². The van der Waals surface area contributed by atoms with Gasteiger partial charge in [-0.05, 0) is 18.9 Å². The average molecular weight is 218 g/mol. The lowest BCUT2D eigenvalue weighted by Crippen LogP contribution is -2.12. The van der Waals surface area contributed by atoms with Crippen molar-refractivity contribution >= 4 is 0 Å². The molecule has 1 fully saturated rings. The molecule has 1 aliphatic carbocycles. The number of phenolic OH excluding ortho intramolecular Hbond substituents is 1. The first kappa shape index (κ1) is 10.3. The molecule has 0 aliphatic heterocycles. The van der Waals surface area contributed by atoms with Gasteiger partial charge >= 0.3 is 0 Å². The molecule has 0 bridgehead atoms. The molecule has 0 amide bonds. The third-order valence-electron chi connectivity index (χ3n) is 2.56. The number of phenols is 1. The molecule has 0 aromatic heterocycles. The van der Waals surface area contributed by atoms with Crippen LogP contribution < -0.4 is 0 Å². The first-order chi connectivity index (χ1) is 6.93. The van der Waals surface area contributed by atoms with E-state index in [0.717, 1.165) is 0 Å². The zero-order valence-electron chi connectivity index (χ0n) is 7.73. The van der Waals surface area contributed by atoms with Gasteiger partial charge in [0.2, 0.25) is 5.82 Å². The highest BCUT2D eigenvalue weighted by molar-refractivity contribution is 5.37. The Bertz CT molecular complexity index is 414. The third-order valence-corrected chi connectivity index (χ3v) is 2.56. The van der Waals surface area contributed by atoms with Gasteiger partial charge in [-0.2, -0.15) is 4.39 Å². The van der Waals surface area contributed by atoms with Crippen molar-refractivity contribution in [1.82, 2.24) is 0 Å². The highest BCUT2D eigenvalue weighted by atomic mass is 19.2. The molecule has 1 saturated carbocycles. The molecule has 2 nitrogen and oxygen atoms in total. The monoisotopic (exact) mass is 218 g/mol. The molecule has 2 rings (SSSR count). The molecule has 0 saturated heterocycles. The summed E-state index contributed by atoms with van der Waals surface area (Å²) in [6, 6.07) is 0.712. The fourth-order valence-electron chi connectivity index (χ4n) is 1.44. The van der Waals surface area contributed by atoms with Crippen LogP contribution in [0.5, 0.6) is 5.75 Å². The number of halogens is 3. The van der Waals surface area contributed by atoms with Crippen LogP contribution in [0.25, 0.3) is 0 Å². The Morgan fingerprint density at radius 1 is 1.20 bits per heavy atom. The summed E-state index contributed by atoms with van der Waals surface area (Å²) < 4.78 is 38.4. The van der Waals surface area contributed by atoms with Gasteiger partial charge in [-0.25, -0.2) is 8.78 Å². The van der Waals surface area contributed by atoms with Gasteiger partial charge in [0.15, 0.2) is 17.4 Å². The van der Waals surface area contributed by atoms with Crippen LogP contribution in [0.1, 0.15) is 18.4 Å².